The fourth-order valence-corrected chi connectivity index (χ4v) is 1.44. The van der Waals surface area contributed by atoms with E-state index in [0.29, 0.717) is 0 Å². The van der Waals surface area contributed by atoms with Crippen LogP contribution in [0, 0.1) is 5.82 Å². The van der Waals surface area contributed by atoms with E-state index in [2.05, 4.69) is 5.32 Å². The summed E-state index contributed by atoms with van der Waals surface area (Å²) in [6.07, 6.45) is -0.893. The Balaban J connectivity index is 2.67. The second-order valence-electron chi connectivity index (χ2n) is 5.50. The molecule has 0 heterocycles. The van der Waals surface area contributed by atoms with Crippen molar-refractivity contribution >= 4 is 17.7 Å². The highest BCUT2D eigenvalue weighted by Gasteiger charge is 2.25. The maximum absolute atomic E-state index is 13.2. The lowest BCUT2D eigenvalue weighted by atomic mass is 10.2. The Bertz CT molecular complexity index is 557. The molecular formula is C14H19FN2O5. The molecular weight excluding hydrogens is 295 g/mol. The van der Waals surface area contributed by atoms with E-state index in [1.165, 1.54) is 12.1 Å². The molecule has 0 aliphatic carbocycles. The number of carbonyl (C=O) groups excluding carboxylic acids is 1. The number of nitrogens with two attached hydrogens (primary N) is 1. The Hall–Kier alpha value is -2.51. The van der Waals surface area contributed by atoms with Gasteiger partial charge in [-0.2, -0.15) is 0 Å². The van der Waals surface area contributed by atoms with Gasteiger partial charge in [-0.25, -0.2) is 14.0 Å². The van der Waals surface area contributed by atoms with Crippen LogP contribution in [0.25, 0.3) is 0 Å². The first-order valence-electron chi connectivity index (χ1n) is 6.49. The molecule has 0 saturated heterocycles. The predicted molar refractivity (Wildman–Crippen MR) is 77.1 cm³/mol. The number of hydrogen-bond acceptors (Lipinski definition) is 5. The van der Waals surface area contributed by atoms with Crippen LogP contribution >= 0.6 is 0 Å². The van der Waals surface area contributed by atoms with E-state index in [0.717, 1.165) is 6.07 Å². The molecule has 0 aliphatic rings. The summed E-state index contributed by atoms with van der Waals surface area (Å²) in [5.41, 5.74) is 4.47. The zero-order valence-electron chi connectivity index (χ0n) is 12.6. The van der Waals surface area contributed by atoms with Gasteiger partial charge in [-0.3, -0.25) is 0 Å². The van der Waals surface area contributed by atoms with Crippen molar-refractivity contribution < 1.29 is 28.6 Å². The third-order valence-corrected chi connectivity index (χ3v) is 2.41. The monoisotopic (exact) mass is 314 g/mol. The fraction of sp³-hybridized carbons (Fsp3) is 0.429. The number of carboxylic acids is 1. The number of rotatable bonds is 5. The van der Waals surface area contributed by atoms with E-state index in [1.54, 1.807) is 20.8 Å². The fourth-order valence-electron chi connectivity index (χ4n) is 1.44. The van der Waals surface area contributed by atoms with Crippen molar-refractivity contribution in [3.63, 3.8) is 0 Å². The van der Waals surface area contributed by atoms with Crippen molar-refractivity contribution in [2.75, 3.05) is 12.3 Å². The van der Waals surface area contributed by atoms with Crippen LogP contribution in [0.5, 0.6) is 5.75 Å². The summed E-state index contributed by atoms with van der Waals surface area (Å²) in [6.45, 7) is 4.51. The average Bonchev–Trinajstić information content (AvgIpc) is 2.36. The number of hydrogen-bond donors (Lipinski definition) is 3. The first-order valence-corrected chi connectivity index (χ1v) is 6.49. The molecule has 0 spiro atoms. The molecule has 22 heavy (non-hydrogen) atoms. The molecule has 7 nitrogen and oxygen atoms in total. The Morgan fingerprint density at radius 1 is 1.41 bits per heavy atom. The van der Waals surface area contributed by atoms with Gasteiger partial charge in [-0.1, -0.05) is 6.07 Å². The number of benzene rings is 1. The largest absolute Gasteiger partial charge is 0.489 e. The summed E-state index contributed by atoms with van der Waals surface area (Å²) < 4.78 is 23.4. The van der Waals surface area contributed by atoms with Crippen LogP contribution in [-0.2, 0) is 9.53 Å². The van der Waals surface area contributed by atoms with Crippen molar-refractivity contribution in [2.24, 2.45) is 0 Å². The number of alkyl carbamates (subject to hydrolysis) is 1. The topological polar surface area (TPSA) is 111 Å². The molecule has 1 aromatic rings. The van der Waals surface area contributed by atoms with E-state index in [1.807, 2.05) is 0 Å². The van der Waals surface area contributed by atoms with Gasteiger partial charge >= 0.3 is 12.1 Å². The Labute approximate surface area is 127 Å². The van der Waals surface area contributed by atoms with E-state index < -0.39 is 36.1 Å². The van der Waals surface area contributed by atoms with E-state index in [9.17, 15) is 14.0 Å². The van der Waals surface area contributed by atoms with Gasteiger partial charge in [0, 0.05) is 0 Å². The second kappa shape index (κ2) is 6.97. The number of amides is 1. The van der Waals surface area contributed by atoms with E-state index in [-0.39, 0.29) is 11.4 Å². The summed E-state index contributed by atoms with van der Waals surface area (Å²) in [5.74, 6) is -2.00. The van der Waals surface area contributed by atoms with Crippen LogP contribution in [0.4, 0.5) is 14.9 Å². The molecule has 8 heteroatoms. The number of halogens is 1. The van der Waals surface area contributed by atoms with Crippen molar-refractivity contribution in [3.8, 4) is 5.75 Å². The first kappa shape index (κ1) is 17.5. The lowest BCUT2D eigenvalue weighted by Crippen LogP contribution is -2.46. The molecule has 1 amide bonds. The Morgan fingerprint density at radius 3 is 2.59 bits per heavy atom. The van der Waals surface area contributed by atoms with Gasteiger partial charge in [-0.15, -0.1) is 0 Å². The Kier molecular flexibility index (Phi) is 5.56. The predicted octanol–water partition coefficient (Wildman–Crippen LogP) is 1.76. The highest BCUT2D eigenvalue weighted by Crippen LogP contribution is 2.23. The summed E-state index contributed by atoms with van der Waals surface area (Å²) in [7, 11) is 0. The van der Waals surface area contributed by atoms with Crippen LogP contribution in [-0.4, -0.2) is 35.4 Å². The van der Waals surface area contributed by atoms with Crippen LogP contribution in [0.1, 0.15) is 20.8 Å². The molecule has 122 valence electrons. The van der Waals surface area contributed by atoms with Crippen molar-refractivity contribution in [1.82, 2.24) is 5.32 Å². The molecule has 0 fully saturated rings. The summed E-state index contributed by atoms with van der Waals surface area (Å²) >= 11 is 0. The minimum Gasteiger partial charge on any atom is -0.489 e. The molecule has 0 unspecified atom stereocenters. The number of ether oxygens (including phenoxy) is 2. The molecule has 1 aromatic carbocycles. The SMILES string of the molecule is CC(C)(C)OC(=O)N[C@@H](COc1cccc(F)c1N)C(=O)O. The number of carbonyl (C=O) groups is 2. The van der Waals surface area contributed by atoms with E-state index in [4.69, 9.17) is 20.3 Å². The molecule has 0 aromatic heterocycles. The Morgan fingerprint density at radius 2 is 2.05 bits per heavy atom. The van der Waals surface area contributed by atoms with Crippen LogP contribution in [0.3, 0.4) is 0 Å². The van der Waals surface area contributed by atoms with Gasteiger partial charge in [0.2, 0.25) is 0 Å². The molecule has 1 rings (SSSR count). The minimum absolute atomic E-state index is 0.00256. The van der Waals surface area contributed by atoms with Crippen LogP contribution in [0.2, 0.25) is 0 Å². The smallest absolute Gasteiger partial charge is 0.408 e. The first-order chi connectivity index (χ1) is 10.1. The third kappa shape index (κ3) is 5.47. The van der Waals surface area contributed by atoms with E-state index >= 15 is 0 Å². The zero-order chi connectivity index (χ0) is 16.9. The maximum Gasteiger partial charge on any atom is 0.408 e. The number of para-hydroxylation sites is 1. The molecule has 4 N–H and O–H groups in total. The zero-order valence-corrected chi connectivity index (χ0v) is 12.6. The van der Waals surface area contributed by atoms with Crippen molar-refractivity contribution in [1.29, 1.82) is 0 Å². The standard InChI is InChI=1S/C14H19FN2O5/c1-14(2,3)22-13(20)17-9(12(18)19)7-21-10-6-4-5-8(15)11(10)16/h4-6,9H,7,16H2,1-3H3,(H,17,20)(H,18,19)/t9-/m0/s1. The highest BCUT2D eigenvalue weighted by molar-refractivity contribution is 5.80. The van der Waals surface area contributed by atoms with Gasteiger partial charge < -0.3 is 25.6 Å². The lowest BCUT2D eigenvalue weighted by molar-refractivity contribution is -0.140. The molecule has 1 atom stereocenters. The van der Waals surface area contributed by atoms with Crippen LogP contribution < -0.4 is 15.8 Å². The quantitative estimate of drug-likeness (QED) is 0.714. The summed E-state index contributed by atoms with van der Waals surface area (Å²) in [5, 5.41) is 11.2. The molecule has 0 radical (unpaired) electrons. The summed E-state index contributed by atoms with van der Waals surface area (Å²) in [6, 6.07) is 2.55. The number of aliphatic carboxylic acids is 1. The van der Waals surface area contributed by atoms with Gasteiger partial charge in [0.15, 0.2) is 6.04 Å². The van der Waals surface area contributed by atoms with Gasteiger partial charge in [0.1, 0.15) is 29.5 Å². The van der Waals surface area contributed by atoms with Crippen LogP contribution in [0.15, 0.2) is 18.2 Å². The minimum atomic E-state index is -1.36. The van der Waals surface area contributed by atoms with Gasteiger partial charge in [0.05, 0.1) is 0 Å². The van der Waals surface area contributed by atoms with Gasteiger partial charge in [-0.05, 0) is 32.9 Å². The lowest BCUT2D eigenvalue weighted by Gasteiger charge is -2.22. The molecule has 0 bridgehead atoms. The third-order valence-electron chi connectivity index (χ3n) is 2.41. The normalized spacial score (nSPS) is 12.4. The highest BCUT2D eigenvalue weighted by atomic mass is 19.1. The van der Waals surface area contributed by atoms with Gasteiger partial charge in [0.25, 0.3) is 0 Å². The number of nitrogens with one attached hydrogen (secondary N) is 1. The molecule has 0 aliphatic heterocycles. The summed E-state index contributed by atoms with van der Waals surface area (Å²) in [4.78, 5) is 22.7. The molecule has 0 saturated carbocycles. The number of carboxylic acid groups (broad SMARTS) is 1. The van der Waals surface area contributed by atoms with Crippen molar-refractivity contribution in [3.05, 3.63) is 24.0 Å². The average molecular weight is 314 g/mol. The number of nitrogen functional groups attached to an aromatic ring is 1. The van der Waals surface area contributed by atoms with Crippen molar-refractivity contribution in [2.45, 2.75) is 32.4 Å². The number of anilines is 1. The second-order valence-corrected chi connectivity index (χ2v) is 5.50. The maximum atomic E-state index is 13.2.